The molecular weight excluding hydrogens is 200 g/mol. The molecular formula is C9H11ClN4. The first-order valence-electron chi connectivity index (χ1n) is 4.37. The van der Waals surface area contributed by atoms with Crippen LogP contribution in [-0.4, -0.2) is 16.0 Å². The monoisotopic (exact) mass is 210 g/mol. The van der Waals surface area contributed by atoms with Crippen LogP contribution in [0.2, 0.25) is 5.02 Å². The molecule has 0 aliphatic carbocycles. The van der Waals surface area contributed by atoms with Crippen LogP contribution < -0.4 is 5.32 Å². The lowest BCUT2D eigenvalue weighted by Crippen LogP contribution is -2.18. The van der Waals surface area contributed by atoms with Gasteiger partial charge < -0.3 is 5.32 Å². The van der Waals surface area contributed by atoms with Crippen LogP contribution in [0.3, 0.4) is 0 Å². The summed E-state index contributed by atoms with van der Waals surface area (Å²) >= 11 is 5.86. The van der Waals surface area contributed by atoms with E-state index in [0.717, 1.165) is 6.42 Å². The smallest absolute Gasteiger partial charge is 0.148 e. The van der Waals surface area contributed by atoms with Gasteiger partial charge in [0.05, 0.1) is 18.7 Å². The average molecular weight is 211 g/mol. The van der Waals surface area contributed by atoms with Gasteiger partial charge in [0.15, 0.2) is 0 Å². The average Bonchev–Trinajstić information content (AvgIpc) is 2.20. The molecule has 0 saturated carbocycles. The second-order valence-electron chi connectivity index (χ2n) is 2.83. The van der Waals surface area contributed by atoms with Crippen LogP contribution in [0.15, 0.2) is 12.5 Å². The van der Waals surface area contributed by atoms with Crippen molar-refractivity contribution in [3.63, 3.8) is 0 Å². The number of nitrogens with one attached hydrogen (secondary N) is 1. The van der Waals surface area contributed by atoms with E-state index < -0.39 is 0 Å². The number of anilines is 1. The zero-order valence-electron chi connectivity index (χ0n) is 7.87. The minimum atomic E-state index is 0.0902. The molecule has 74 valence electrons. The number of nitrogens with zero attached hydrogens (tertiary/aromatic N) is 3. The molecule has 0 saturated heterocycles. The van der Waals surface area contributed by atoms with E-state index in [1.54, 1.807) is 0 Å². The maximum absolute atomic E-state index is 8.56. The molecule has 1 unspecified atom stereocenters. The van der Waals surface area contributed by atoms with Gasteiger partial charge in [-0.25, -0.2) is 9.97 Å². The van der Waals surface area contributed by atoms with Gasteiger partial charge in [0.1, 0.15) is 17.2 Å². The summed E-state index contributed by atoms with van der Waals surface area (Å²) in [5.74, 6) is 0.587. The molecule has 5 heteroatoms. The molecule has 1 rings (SSSR count). The zero-order valence-corrected chi connectivity index (χ0v) is 8.62. The van der Waals surface area contributed by atoms with Crippen molar-refractivity contribution in [1.82, 2.24) is 9.97 Å². The Morgan fingerprint density at radius 3 is 3.07 bits per heavy atom. The summed E-state index contributed by atoms with van der Waals surface area (Å²) in [7, 11) is 0. The number of hydrogen-bond donors (Lipinski definition) is 1. The minimum Gasteiger partial charge on any atom is -0.365 e. The maximum Gasteiger partial charge on any atom is 0.148 e. The van der Waals surface area contributed by atoms with Crippen molar-refractivity contribution in [3.05, 3.63) is 17.5 Å². The lowest BCUT2D eigenvalue weighted by atomic mass is 10.2. The van der Waals surface area contributed by atoms with Crippen LogP contribution in [-0.2, 0) is 0 Å². The largest absolute Gasteiger partial charge is 0.365 e. The Balaban J connectivity index is 2.68. The van der Waals surface area contributed by atoms with Gasteiger partial charge in [-0.05, 0) is 6.42 Å². The van der Waals surface area contributed by atoms with Crippen LogP contribution in [0.4, 0.5) is 5.82 Å². The van der Waals surface area contributed by atoms with E-state index in [2.05, 4.69) is 21.4 Å². The normalized spacial score (nSPS) is 11.8. The summed E-state index contributed by atoms with van der Waals surface area (Å²) in [4.78, 5) is 7.76. The van der Waals surface area contributed by atoms with E-state index in [1.165, 1.54) is 12.5 Å². The highest BCUT2D eigenvalue weighted by atomic mass is 35.5. The zero-order chi connectivity index (χ0) is 10.4. The topological polar surface area (TPSA) is 61.6 Å². The molecule has 0 bridgehead atoms. The fraction of sp³-hybridized carbons (Fsp3) is 0.444. The molecule has 1 aromatic rings. The molecule has 1 N–H and O–H groups in total. The minimum absolute atomic E-state index is 0.0902. The Bertz CT molecular complexity index is 334. The van der Waals surface area contributed by atoms with Gasteiger partial charge in [-0.1, -0.05) is 18.5 Å². The number of halogens is 1. The second kappa shape index (κ2) is 5.40. The lowest BCUT2D eigenvalue weighted by molar-refractivity contribution is 0.707. The molecule has 1 atom stereocenters. The van der Waals surface area contributed by atoms with Gasteiger partial charge in [0.2, 0.25) is 0 Å². The van der Waals surface area contributed by atoms with Crippen molar-refractivity contribution >= 4 is 17.4 Å². The summed E-state index contributed by atoms with van der Waals surface area (Å²) in [6.45, 7) is 2.00. The summed E-state index contributed by atoms with van der Waals surface area (Å²) in [5, 5.41) is 12.1. The lowest BCUT2D eigenvalue weighted by Gasteiger charge is -2.14. The highest BCUT2D eigenvalue weighted by Gasteiger charge is 2.08. The SMILES string of the molecule is CCC(CC#N)Nc1ncncc1Cl. The highest BCUT2D eigenvalue weighted by Crippen LogP contribution is 2.18. The van der Waals surface area contributed by atoms with Crippen molar-refractivity contribution in [2.75, 3.05) is 5.32 Å². The van der Waals surface area contributed by atoms with Crippen molar-refractivity contribution in [2.45, 2.75) is 25.8 Å². The van der Waals surface area contributed by atoms with E-state index in [0.29, 0.717) is 17.3 Å². The van der Waals surface area contributed by atoms with E-state index in [-0.39, 0.29) is 6.04 Å². The van der Waals surface area contributed by atoms with Crippen molar-refractivity contribution in [1.29, 1.82) is 5.26 Å². The third kappa shape index (κ3) is 2.86. The third-order valence-corrected chi connectivity index (χ3v) is 2.12. The van der Waals surface area contributed by atoms with Crippen LogP contribution >= 0.6 is 11.6 Å². The molecule has 1 heterocycles. The predicted molar refractivity (Wildman–Crippen MR) is 55.0 cm³/mol. The number of nitriles is 1. The van der Waals surface area contributed by atoms with Gasteiger partial charge in [0.25, 0.3) is 0 Å². The quantitative estimate of drug-likeness (QED) is 0.828. The van der Waals surface area contributed by atoms with Gasteiger partial charge in [0, 0.05) is 6.04 Å². The van der Waals surface area contributed by atoms with Gasteiger partial charge in [-0.3, -0.25) is 0 Å². The van der Waals surface area contributed by atoms with E-state index in [1.807, 2.05) is 6.92 Å². The number of aromatic nitrogens is 2. The van der Waals surface area contributed by atoms with Gasteiger partial charge in [-0.2, -0.15) is 5.26 Å². The summed E-state index contributed by atoms with van der Waals surface area (Å²) in [5.41, 5.74) is 0. The van der Waals surface area contributed by atoms with Crippen molar-refractivity contribution < 1.29 is 0 Å². The Labute approximate surface area is 87.9 Å². The van der Waals surface area contributed by atoms with Gasteiger partial charge >= 0.3 is 0 Å². The Kier molecular flexibility index (Phi) is 4.14. The van der Waals surface area contributed by atoms with Crippen molar-refractivity contribution in [2.24, 2.45) is 0 Å². The molecule has 0 spiro atoms. The standard InChI is InChI=1S/C9H11ClN4/c1-2-7(3-4-11)14-9-8(10)5-12-6-13-9/h5-7H,2-3H2,1H3,(H,12,13,14). The maximum atomic E-state index is 8.56. The van der Waals surface area contributed by atoms with Gasteiger partial charge in [-0.15, -0.1) is 0 Å². The summed E-state index contributed by atoms with van der Waals surface area (Å²) in [6.07, 6.45) is 4.24. The molecule has 0 aromatic carbocycles. The Morgan fingerprint density at radius 1 is 1.71 bits per heavy atom. The summed E-state index contributed by atoms with van der Waals surface area (Å²) in [6, 6.07) is 2.20. The molecule has 1 aromatic heterocycles. The second-order valence-corrected chi connectivity index (χ2v) is 3.24. The predicted octanol–water partition coefficient (Wildman–Crippen LogP) is 2.23. The Hall–Kier alpha value is -1.34. The van der Waals surface area contributed by atoms with Crippen LogP contribution in [0.1, 0.15) is 19.8 Å². The van der Waals surface area contributed by atoms with E-state index in [4.69, 9.17) is 16.9 Å². The number of hydrogen-bond acceptors (Lipinski definition) is 4. The van der Waals surface area contributed by atoms with Crippen molar-refractivity contribution in [3.8, 4) is 6.07 Å². The van der Waals surface area contributed by atoms with E-state index in [9.17, 15) is 0 Å². The molecule has 14 heavy (non-hydrogen) atoms. The molecule has 0 amide bonds. The molecule has 0 fully saturated rings. The Morgan fingerprint density at radius 2 is 2.50 bits per heavy atom. The third-order valence-electron chi connectivity index (χ3n) is 1.84. The molecule has 0 radical (unpaired) electrons. The first-order valence-corrected chi connectivity index (χ1v) is 4.74. The number of rotatable bonds is 4. The fourth-order valence-electron chi connectivity index (χ4n) is 1.02. The molecule has 0 aliphatic rings. The first-order chi connectivity index (χ1) is 6.77. The molecule has 4 nitrogen and oxygen atoms in total. The summed E-state index contributed by atoms with van der Waals surface area (Å²) < 4.78 is 0. The van der Waals surface area contributed by atoms with Crippen LogP contribution in [0.25, 0.3) is 0 Å². The molecule has 0 aliphatic heterocycles. The highest BCUT2D eigenvalue weighted by molar-refractivity contribution is 6.32. The van der Waals surface area contributed by atoms with Crippen LogP contribution in [0.5, 0.6) is 0 Å². The first kappa shape index (κ1) is 10.7. The fourth-order valence-corrected chi connectivity index (χ4v) is 1.18. The van der Waals surface area contributed by atoms with Crippen LogP contribution in [0, 0.1) is 11.3 Å². The van der Waals surface area contributed by atoms with E-state index >= 15 is 0 Å².